The second-order valence-corrected chi connectivity index (χ2v) is 2.06. The first-order valence-electron chi connectivity index (χ1n) is 3.07. The Morgan fingerprint density at radius 1 is 1.60 bits per heavy atom. The molecule has 1 aromatic heterocycles. The summed E-state index contributed by atoms with van der Waals surface area (Å²) in [6.07, 6.45) is -0.110. The summed E-state index contributed by atoms with van der Waals surface area (Å²) in [6.45, 7) is 3.63. The Labute approximate surface area is 59.2 Å². The first kappa shape index (κ1) is 7.21. The van der Waals surface area contributed by atoms with Crippen LogP contribution in [0.25, 0.3) is 0 Å². The SMILES string of the molecule is CO[C@@H](C)c1nc(C)no1. The average molecular weight is 142 g/mol. The van der Waals surface area contributed by atoms with Crippen molar-refractivity contribution in [3.8, 4) is 0 Å². The highest BCUT2D eigenvalue weighted by molar-refractivity contribution is 4.85. The van der Waals surface area contributed by atoms with Gasteiger partial charge in [-0.1, -0.05) is 5.16 Å². The van der Waals surface area contributed by atoms with Crippen LogP contribution in [-0.4, -0.2) is 17.3 Å². The van der Waals surface area contributed by atoms with Gasteiger partial charge in [0, 0.05) is 7.11 Å². The standard InChI is InChI=1S/C6H10N2O2/c1-4(9-3)6-7-5(2)8-10-6/h4H,1-3H3/t4-/m0/s1. The number of aromatic nitrogens is 2. The Balaban J connectivity index is 2.74. The summed E-state index contributed by atoms with van der Waals surface area (Å²) < 4.78 is 9.78. The largest absolute Gasteiger partial charge is 0.372 e. The van der Waals surface area contributed by atoms with Crippen molar-refractivity contribution in [1.29, 1.82) is 0 Å². The van der Waals surface area contributed by atoms with E-state index in [2.05, 4.69) is 10.1 Å². The lowest BCUT2D eigenvalue weighted by Gasteiger charge is -2.00. The zero-order valence-corrected chi connectivity index (χ0v) is 6.29. The molecule has 4 heteroatoms. The molecule has 0 unspecified atom stereocenters. The van der Waals surface area contributed by atoms with Gasteiger partial charge in [0.05, 0.1) is 0 Å². The van der Waals surface area contributed by atoms with E-state index in [-0.39, 0.29) is 6.10 Å². The predicted molar refractivity (Wildman–Crippen MR) is 34.5 cm³/mol. The van der Waals surface area contributed by atoms with Crippen molar-refractivity contribution >= 4 is 0 Å². The van der Waals surface area contributed by atoms with Gasteiger partial charge in [-0.25, -0.2) is 0 Å². The summed E-state index contributed by atoms with van der Waals surface area (Å²) >= 11 is 0. The van der Waals surface area contributed by atoms with Gasteiger partial charge in [0.2, 0.25) is 0 Å². The zero-order chi connectivity index (χ0) is 7.56. The van der Waals surface area contributed by atoms with E-state index < -0.39 is 0 Å². The van der Waals surface area contributed by atoms with Crippen molar-refractivity contribution in [2.24, 2.45) is 0 Å². The molecule has 0 radical (unpaired) electrons. The summed E-state index contributed by atoms with van der Waals surface area (Å²) in [5.74, 6) is 1.17. The number of nitrogens with zero attached hydrogens (tertiary/aromatic N) is 2. The lowest BCUT2D eigenvalue weighted by molar-refractivity contribution is 0.0886. The third kappa shape index (κ3) is 1.33. The van der Waals surface area contributed by atoms with Crippen molar-refractivity contribution in [2.75, 3.05) is 7.11 Å². The molecule has 56 valence electrons. The third-order valence-electron chi connectivity index (χ3n) is 1.24. The minimum absolute atomic E-state index is 0.110. The molecular formula is C6H10N2O2. The second-order valence-electron chi connectivity index (χ2n) is 2.06. The van der Waals surface area contributed by atoms with Gasteiger partial charge in [-0.05, 0) is 13.8 Å². The van der Waals surface area contributed by atoms with Crippen LogP contribution >= 0.6 is 0 Å². The fraction of sp³-hybridized carbons (Fsp3) is 0.667. The number of rotatable bonds is 2. The van der Waals surface area contributed by atoms with Gasteiger partial charge in [-0.15, -0.1) is 0 Å². The topological polar surface area (TPSA) is 48.2 Å². The highest BCUT2D eigenvalue weighted by Crippen LogP contribution is 2.11. The molecule has 0 amide bonds. The van der Waals surface area contributed by atoms with Gasteiger partial charge in [0.1, 0.15) is 6.10 Å². The van der Waals surface area contributed by atoms with Gasteiger partial charge in [0.15, 0.2) is 5.82 Å². The van der Waals surface area contributed by atoms with E-state index in [9.17, 15) is 0 Å². The predicted octanol–water partition coefficient (Wildman–Crippen LogP) is 1.09. The normalized spacial score (nSPS) is 13.5. The Bertz CT molecular complexity index is 209. The van der Waals surface area contributed by atoms with Gasteiger partial charge >= 0.3 is 0 Å². The molecule has 4 nitrogen and oxygen atoms in total. The lowest BCUT2D eigenvalue weighted by Crippen LogP contribution is -1.95. The summed E-state index contributed by atoms with van der Waals surface area (Å²) in [4.78, 5) is 3.98. The molecule has 0 saturated heterocycles. The summed E-state index contributed by atoms with van der Waals surface area (Å²) in [7, 11) is 1.60. The molecule has 10 heavy (non-hydrogen) atoms. The molecule has 0 fully saturated rings. The molecule has 0 aliphatic heterocycles. The van der Waals surface area contributed by atoms with E-state index in [1.807, 2.05) is 6.92 Å². The lowest BCUT2D eigenvalue weighted by atomic mass is 10.4. The van der Waals surface area contributed by atoms with Crippen LogP contribution in [0.15, 0.2) is 4.52 Å². The number of aryl methyl sites for hydroxylation is 1. The number of ether oxygens (including phenoxy) is 1. The molecule has 1 aromatic rings. The van der Waals surface area contributed by atoms with Crippen LogP contribution < -0.4 is 0 Å². The van der Waals surface area contributed by atoms with Gasteiger partial charge < -0.3 is 9.26 Å². The van der Waals surface area contributed by atoms with E-state index in [1.54, 1.807) is 14.0 Å². The molecule has 0 aromatic carbocycles. The third-order valence-corrected chi connectivity index (χ3v) is 1.24. The molecule has 1 atom stereocenters. The monoisotopic (exact) mass is 142 g/mol. The first-order chi connectivity index (χ1) is 4.74. The molecule has 0 spiro atoms. The quantitative estimate of drug-likeness (QED) is 0.620. The average Bonchev–Trinajstić information content (AvgIpc) is 2.34. The minimum atomic E-state index is -0.110. The van der Waals surface area contributed by atoms with Crippen LogP contribution in [0.5, 0.6) is 0 Å². The molecule has 0 bridgehead atoms. The second kappa shape index (κ2) is 2.79. The van der Waals surface area contributed by atoms with E-state index >= 15 is 0 Å². The number of hydrogen-bond acceptors (Lipinski definition) is 4. The molecule has 0 saturated carbocycles. The molecule has 0 aliphatic rings. The summed E-state index contributed by atoms with van der Waals surface area (Å²) in [5.41, 5.74) is 0. The van der Waals surface area contributed by atoms with Crippen LogP contribution in [0.4, 0.5) is 0 Å². The van der Waals surface area contributed by atoms with E-state index in [1.165, 1.54) is 0 Å². The maximum absolute atomic E-state index is 4.95. The van der Waals surface area contributed by atoms with E-state index in [4.69, 9.17) is 9.26 Å². The van der Waals surface area contributed by atoms with Crippen LogP contribution in [-0.2, 0) is 4.74 Å². The number of methoxy groups -OCH3 is 1. The molecule has 1 heterocycles. The Kier molecular flexibility index (Phi) is 2.01. The van der Waals surface area contributed by atoms with Crippen molar-refractivity contribution in [3.63, 3.8) is 0 Å². The van der Waals surface area contributed by atoms with Gasteiger partial charge in [-0.2, -0.15) is 4.98 Å². The first-order valence-corrected chi connectivity index (χ1v) is 3.07. The zero-order valence-electron chi connectivity index (χ0n) is 6.29. The molecular weight excluding hydrogens is 132 g/mol. The maximum atomic E-state index is 4.95. The van der Waals surface area contributed by atoms with Gasteiger partial charge in [-0.3, -0.25) is 0 Å². The minimum Gasteiger partial charge on any atom is -0.372 e. The molecule has 0 aliphatic carbocycles. The van der Waals surface area contributed by atoms with Crippen molar-refractivity contribution in [3.05, 3.63) is 11.7 Å². The summed E-state index contributed by atoms with van der Waals surface area (Å²) in [5, 5.41) is 3.62. The molecule has 1 rings (SSSR count). The van der Waals surface area contributed by atoms with E-state index in [0.29, 0.717) is 11.7 Å². The van der Waals surface area contributed by atoms with Crippen molar-refractivity contribution in [2.45, 2.75) is 20.0 Å². The van der Waals surface area contributed by atoms with Crippen molar-refractivity contribution < 1.29 is 9.26 Å². The highest BCUT2D eigenvalue weighted by Gasteiger charge is 2.10. The number of hydrogen-bond donors (Lipinski definition) is 0. The Morgan fingerprint density at radius 3 is 2.70 bits per heavy atom. The fourth-order valence-electron chi connectivity index (χ4n) is 0.579. The summed E-state index contributed by atoms with van der Waals surface area (Å²) in [6, 6.07) is 0. The maximum Gasteiger partial charge on any atom is 0.255 e. The van der Waals surface area contributed by atoms with Crippen molar-refractivity contribution in [1.82, 2.24) is 10.1 Å². The van der Waals surface area contributed by atoms with Gasteiger partial charge in [0.25, 0.3) is 5.89 Å². The van der Waals surface area contributed by atoms with Crippen LogP contribution in [0, 0.1) is 6.92 Å². The van der Waals surface area contributed by atoms with Crippen LogP contribution in [0.1, 0.15) is 24.7 Å². The fourth-order valence-corrected chi connectivity index (χ4v) is 0.579. The Hall–Kier alpha value is -0.900. The smallest absolute Gasteiger partial charge is 0.255 e. The highest BCUT2D eigenvalue weighted by atomic mass is 16.5. The van der Waals surface area contributed by atoms with Crippen LogP contribution in [0.3, 0.4) is 0 Å². The Morgan fingerprint density at radius 2 is 2.30 bits per heavy atom. The molecule has 0 N–H and O–H groups in total. The van der Waals surface area contributed by atoms with E-state index in [0.717, 1.165) is 0 Å². The van der Waals surface area contributed by atoms with Crippen LogP contribution in [0.2, 0.25) is 0 Å².